The van der Waals surface area contributed by atoms with Crippen molar-refractivity contribution in [2.45, 2.75) is 38.5 Å². The van der Waals surface area contributed by atoms with Crippen molar-refractivity contribution < 1.29 is 13.9 Å². The molecule has 1 aromatic heterocycles. The first-order valence-electron chi connectivity index (χ1n) is 12.5. The number of benzene rings is 3. The first-order chi connectivity index (χ1) is 16.7. The van der Waals surface area contributed by atoms with Crippen LogP contribution in [0.5, 0.6) is 11.5 Å². The van der Waals surface area contributed by atoms with Gasteiger partial charge in [0.25, 0.3) is 0 Å². The average molecular weight is 459 g/mol. The summed E-state index contributed by atoms with van der Waals surface area (Å²) in [4.78, 5) is 6.93. The Bertz CT molecular complexity index is 1240. The van der Waals surface area contributed by atoms with Crippen LogP contribution in [0, 0.1) is 5.92 Å². The molecule has 0 unspecified atom stereocenters. The lowest BCUT2D eigenvalue weighted by Gasteiger charge is -2.21. The number of nitrogens with zero attached hydrogens (tertiary/aromatic N) is 2. The van der Waals surface area contributed by atoms with Crippen molar-refractivity contribution in [2.24, 2.45) is 5.92 Å². The molecule has 0 aliphatic heterocycles. The maximum Gasteiger partial charge on any atom is 0.227 e. The second-order valence-electron chi connectivity index (χ2n) is 9.66. The molecule has 5 heteroatoms. The highest BCUT2D eigenvalue weighted by atomic mass is 16.5. The summed E-state index contributed by atoms with van der Waals surface area (Å²) in [5.41, 5.74) is 2.59. The van der Waals surface area contributed by atoms with Crippen LogP contribution >= 0.6 is 0 Å². The van der Waals surface area contributed by atoms with Crippen molar-refractivity contribution in [1.82, 2.24) is 9.88 Å². The van der Waals surface area contributed by atoms with Gasteiger partial charge in [-0.1, -0.05) is 31.4 Å². The Morgan fingerprint density at radius 2 is 1.76 bits per heavy atom. The molecule has 5 nitrogen and oxygen atoms in total. The Balaban J connectivity index is 1.32. The average Bonchev–Trinajstić information content (AvgIpc) is 3.28. The SMILES string of the molecule is CN(C)CCCOc1ccc2c(-c3nc4ccc(OCC5CCCCC5)cc4o3)cccc2c1. The summed E-state index contributed by atoms with van der Waals surface area (Å²) >= 11 is 0. The van der Waals surface area contributed by atoms with Gasteiger partial charge in [-0.3, -0.25) is 0 Å². The van der Waals surface area contributed by atoms with Crippen LogP contribution in [0.3, 0.4) is 0 Å². The van der Waals surface area contributed by atoms with E-state index >= 15 is 0 Å². The maximum absolute atomic E-state index is 6.20. The largest absolute Gasteiger partial charge is 0.494 e. The molecule has 0 spiro atoms. The third-order valence-corrected chi connectivity index (χ3v) is 6.67. The number of rotatable bonds is 9. The van der Waals surface area contributed by atoms with Crippen LogP contribution in [0.2, 0.25) is 0 Å². The third-order valence-electron chi connectivity index (χ3n) is 6.67. The molecule has 1 fully saturated rings. The molecule has 0 N–H and O–H groups in total. The molecular weight excluding hydrogens is 424 g/mol. The first kappa shape index (κ1) is 22.7. The van der Waals surface area contributed by atoms with Crippen LogP contribution in [0.25, 0.3) is 33.3 Å². The molecule has 1 aliphatic carbocycles. The molecule has 0 saturated heterocycles. The Morgan fingerprint density at radius 1 is 0.941 bits per heavy atom. The van der Waals surface area contributed by atoms with Gasteiger partial charge < -0.3 is 18.8 Å². The van der Waals surface area contributed by atoms with Crippen LogP contribution in [-0.4, -0.2) is 43.7 Å². The summed E-state index contributed by atoms with van der Waals surface area (Å²) in [6.45, 7) is 2.51. The Kier molecular flexibility index (Phi) is 7.00. The molecule has 4 aromatic rings. The van der Waals surface area contributed by atoms with E-state index in [1.807, 2.05) is 30.3 Å². The second-order valence-corrected chi connectivity index (χ2v) is 9.66. The minimum absolute atomic E-state index is 0.629. The molecule has 3 aromatic carbocycles. The quantitative estimate of drug-likeness (QED) is 0.254. The van der Waals surface area contributed by atoms with Gasteiger partial charge in [0.1, 0.15) is 17.0 Å². The minimum atomic E-state index is 0.629. The molecule has 0 bridgehead atoms. The normalized spacial score (nSPS) is 14.8. The van der Waals surface area contributed by atoms with Gasteiger partial charge in [-0.2, -0.15) is 0 Å². The van der Waals surface area contributed by atoms with Gasteiger partial charge in [-0.15, -0.1) is 0 Å². The van der Waals surface area contributed by atoms with E-state index in [0.29, 0.717) is 18.4 Å². The molecule has 0 amide bonds. The lowest BCUT2D eigenvalue weighted by Crippen LogP contribution is -2.15. The van der Waals surface area contributed by atoms with Crippen LogP contribution in [-0.2, 0) is 0 Å². The van der Waals surface area contributed by atoms with Gasteiger partial charge in [0, 0.05) is 18.2 Å². The fourth-order valence-corrected chi connectivity index (χ4v) is 4.79. The Morgan fingerprint density at radius 3 is 2.62 bits per heavy atom. The molecule has 1 aliphatic rings. The highest BCUT2D eigenvalue weighted by molar-refractivity contribution is 5.96. The summed E-state index contributed by atoms with van der Waals surface area (Å²) in [5.74, 6) is 3.05. The summed E-state index contributed by atoms with van der Waals surface area (Å²) in [6.07, 6.45) is 7.57. The van der Waals surface area contributed by atoms with Crippen molar-refractivity contribution in [2.75, 3.05) is 33.9 Å². The van der Waals surface area contributed by atoms with Crippen molar-refractivity contribution in [3.8, 4) is 23.0 Å². The molecule has 1 saturated carbocycles. The number of hydrogen-bond donors (Lipinski definition) is 0. The smallest absolute Gasteiger partial charge is 0.227 e. The van der Waals surface area contributed by atoms with Crippen LogP contribution < -0.4 is 9.47 Å². The fourth-order valence-electron chi connectivity index (χ4n) is 4.79. The zero-order valence-corrected chi connectivity index (χ0v) is 20.3. The highest BCUT2D eigenvalue weighted by Gasteiger charge is 2.16. The number of hydrogen-bond acceptors (Lipinski definition) is 5. The van der Waals surface area contributed by atoms with E-state index < -0.39 is 0 Å². The van der Waals surface area contributed by atoms with Gasteiger partial charge in [-0.05, 0) is 86.4 Å². The van der Waals surface area contributed by atoms with E-state index in [-0.39, 0.29) is 0 Å². The summed E-state index contributed by atoms with van der Waals surface area (Å²) in [7, 11) is 4.16. The highest BCUT2D eigenvalue weighted by Crippen LogP contribution is 2.33. The van der Waals surface area contributed by atoms with Crippen molar-refractivity contribution in [3.05, 3.63) is 54.6 Å². The van der Waals surface area contributed by atoms with Crippen molar-refractivity contribution >= 4 is 21.9 Å². The predicted molar refractivity (Wildman–Crippen MR) is 138 cm³/mol. The van der Waals surface area contributed by atoms with E-state index in [0.717, 1.165) is 58.5 Å². The van der Waals surface area contributed by atoms with Crippen LogP contribution in [0.1, 0.15) is 38.5 Å². The number of fused-ring (bicyclic) bond motifs is 2. The van der Waals surface area contributed by atoms with Gasteiger partial charge in [0.15, 0.2) is 5.58 Å². The number of ether oxygens (including phenoxy) is 2. The predicted octanol–water partition coefficient (Wildman–Crippen LogP) is 6.94. The van der Waals surface area contributed by atoms with E-state index in [2.05, 4.69) is 43.3 Å². The zero-order valence-electron chi connectivity index (χ0n) is 20.3. The lowest BCUT2D eigenvalue weighted by molar-refractivity contribution is 0.209. The fraction of sp³-hybridized carbons (Fsp3) is 0.414. The summed E-state index contributed by atoms with van der Waals surface area (Å²) in [5, 5.41) is 2.21. The van der Waals surface area contributed by atoms with Gasteiger partial charge >= 0.3 is 0 Å². The molecule has 34 heavy (non-hydrogen) atoms. The van der Waals surface area contributed by atoms with Gasteiger partial charge in [-0.25, -0.2) is 4.98 Å². The van der Waals surface area contributed by atoms with Crippen molar-refractivity contribution in [3.63, 3.8) is 0 Å². The van der Waals surface area contributed by atoms with Gasteiger partial charge in [0.05, 0.1) is 13.2 Å². The summed E-state index contributed by atoms with van der Waals surface area (Å²) in [6, 6.07) is 18.4. The zero-order chi connectivity index (χ0) is 23.3. The topological polar surface area (TPSA) is 47.7 Å². The monoisotopic (exact) mass is 458 g/mol. The molecule has 0 atom stereocenters. The Labute approximate surface area is 201 Å². The van der Waals surface area contributed by atoms with E-state index in [9.17, 15) is 0 Å². The molecule has 1 heterocycles. The molecule has 0 radical (unpaired) electrons. The number of aromatic nitrogens is 1. The molecule has 5 rings (SSSR count). The van der Waals surface area contributed by atoms with Gasteiger partial charge in [0.2, 0.25) is 5.89 Å². The van der Waals surface area contributed by atoms with Crippen molar-refractivity contribution in [1.29, 1.82) is 0 Å². The molecular formula is C29H34N2O3. The maximum atomic E-state index is 6.20. The standard InChI is InChI=1S/C29H34N2O3/c1-31(2)16-7-17-32-23-12-14-25-22(18-23)10-6-11-26(25)29-30-27-15-13-24(19-28(27)34-29)33-20-21-8-4-3-5-9-21/h6,10-15,18-19,21H,3-5,7-9,16-17,20H2,1-2H3. The van der Waals surface area contributed by atoms with E-state index in [1.165, 1.54) is 32.1 Å². The lowest BCUT2D eigenvalue weighted by atomic mass is 9.90. The second kappa shape index (κ2) is 10.5. The first-order valence-corrected chi connectivity index (χ1v) is 12.5. The summed E-state index contributed by atoms with van der Waals surface area (Å²) < 4.78 is 18.3. The minimum Gasteiger partial charge on any atom is -0.494 e. The van der Waals surface area contributed by atoms with E-state index in [1.54, 1.807) is 0 Å². The van der Waals surface area contributed by atoms with Crippen LogP contribution in [0.4, 0.5) is 0 Å². The third kappa shape index (κ3) is 5.36. The van der Waals surface area contributed by atoms with E-state index in [4.69, 9.17) is 18.9 Å². The Hall–Kier alpha value is -3.05. The van der Waals surface area contributed by atoms with Crippen LogP contribution in [0.15, 0.2) is 59.0 Å². The molecule has 178 valence electrons. The number of oxazole rings is 1.